The topological polar surface area (TPSA) is 72.3 Å². The molecule has 2 atom stereocenters. The van der Waals surface area contributed by atoms with Gasteiger partial charge in [0.15, 0.2) is 0 Å². The van der Waals surface area contributed by atoms with Crippen LogP contribution in [0.2, 0.25) is 0 Å². The van der Waals surface area contributed by atoms with E-state index in [1.54, 1.807) is 0 Å². The van der Waals surface area contributed by atoms with Crippen LogP contribution in [0.15, 0.2) is 10.2 Å². The zero-order valence-electron chi connectivity index (χ0n) is 12.4. The fourth-order valence-corrected chi connectivity index (χ4v) is 1.04. The minimum atomic E-state index is -0.378. The van der Waals surface area contributed by atoms with E-state index in [-0.39, 0.29) is 22.7 Å². The summed E-state index contributed by atoms with van der Waals surface area (Å²) < 4.78 is 0. The molecular weight excluding hydrogens is 224 g/mol. The molecule has 4 nitrogen and oxygen atoms in total. The Bertz CT molecular complexity index is 332. The maximum atomic E-state index is 8.99. The highest BCUT2D eigenvalue weighted by molar-refractivity contribution is 4.96. The summed E-state index contributed by atoms with van der Waals surface area (Å²) in [6.07, 6.45) is 0. The number of azo groups is 1. The molecule has 0 amide bonds. The predicted octanol–water partition coefficient (Wildman–Crippen LogP) is 3.81. The first kappa shape index (κ1) is 16.6. The Morgan fingerprint density at radius 1 is 0.833 bits per heavy atom. The molecule has 0 heterocycles. The lowest BCUT2D eigenvalue weighted by Crippen LogP contribution is -2.23. The molecule has 0 aromatic carbocycles. The molecular formula is C14H24N4. The smallest absolute Gasteiger partial charge is 0.0687 e. The molecule has 0 fully saturated rings. The van der Waals surface area contributed by atoms with Gasteiger partial charge in [-0.3, -0.25) is 0 Å². The van der Waals surface area contributed by atoms with Crippen molar-refractivity contribution in [3.05, 3.63) is 0 Å². The molecule has 0 spiro atoms. The van der Waals surface area contributed by atoms with Crippen LogP contribution in [-0.2, 0) is 0 Å². The van der Waals surface area contributed by atoms with E-state index in [9.17, 15) is 0 Å². The van der Waals surface area contributed by atoms with Crippen LogP contribution in [0.4, 0.5) is 0 Å². The van der Waals surface area contributed by atoms with E-state index in [4.69, 9.17) is 10.5 Å². The van der Waals surface area contributed by atoms with Gasteiger partial charge in [0.25, 0.3) is 0 Å². The van der Waals surface area contributed by atoms with Crippen LogP contribution in [-0.4, -0.2) is 13.1 Å². The van der Waals surface area contributed by atoms with Crippen molar-refractivity contribution >= 4 is 0 Å². The molecule has 0 aliphatic heterocycles. The van der Waals surface area contributed by atoms with E-state index in [2.05, 4.69) is 22.4 Å². The lowest BCUT2D eigenvalue weighted by molar-refractivity contribution is 0.309. The fraction of sp³-hybridized carbons (Fsp3) is 0.857. The van der Waals surface area contributed by atoms with Gasteiger partial charge in [0, 0.05) is 0 Å². The van der Waals surface area contributed by atoms with E-state index < -0.39 is 0 Å². The van der Waals surface area contributed by atoms with Gasteiger partial charge in [0.05, 0.1) is 36.1 Å². The van der Waals surface area contributed by atoms with Crippen LogP contribution in [0.25, 0.3) is 0 Å². The van der Waals surface area contributed by atoms with Crippen molar-refractivity contribution in [2.75, 3.05) is 13.1 Å². The SMILES string of the molecule is CC(CN=NCC(C)C(C)(C)C#N)C(C)(C)C#N. The monoisotopic (exact) mass is 248 g/mol. The molecule has 0 aliphatic carbocycles. The van der Waals surface area contributed by atoms with Crippen molar-refractivity contribution < 1.29 is 0 Å². The summed E-state index contributed by atoms with van der Waals surface area (Å²) in [6.45, 7) is 12.8. The quantitative estimate of drug-likeness (QED) is 0.670. The zero-order valence-corrected chi connectivity index (χ0v) is 12.4. The van der Waals surface area contributed by atoms with Crippen LogP contribution < -0.4 is 0 Å². The third-order valence-corrected chi connectivity index (χ3v) is 3.85. The Labute approximate surface area is 111 Å². The molecule has 0 aromatic heterocycles. The molecule has 0 rings (SSSR count). The van der Waals surface area contributed by atoms with Crippen LogP contribution >= 0.6 is 0 Å². The van der Waals surface area contributed by atoms with E-state index in [1.165, 1.54) is 0 Å². The highest BCUT2D eigenvalue weighted by atomic mass is 15.1. The summed E-state index contributed by atoms with van der Waals surface area (Å²) in [4.78, 5) is 0. The zero-order chi connectivity index (χ0) is 14.4. The fourth-order valence-electron chi connectivity index (χ4n) is 1.04. The van der Waals surface area contributed by atoms with E-state index in [0.717, 1.165) is 0 Å². The molecule has 0 aliphatic rings. The van der Waals surface area contributed by atoms with Gasteiger partial charge in [-0.1, -0.05) is 13.8 Å². The number of hydrogen-bond acceptors (Lipinski definition) is 4. The number of hydrogen-bond donors (Lipinski definition) is 0. The second kappa shape index (κ2) is 6.50. The second-order valence-corrected chi connectivity index (χ2v) is 6.12. The Kier molecular flexibility index (Phi) is 5.98. The van der Waals surface area contributed by atoms with Crippen molar-refractivity contribution in [2.24, 2.45) is 32.9 Å². The first-order chi connectivity index (χ1) is 8.17. The summed E-state index contributed by atoms with van der Waals surface area (Å²) in [5, 5.41) is 26.3. The average molecular weight is 248 g/mol. The second-order valence-electron chi connectivity index (χ2n) is 6.12. The predicted molar refractivity (Wildman–Crippen MR) is 71.7 cm³/mol. The van der Waals surface area contributed by atoms with Gasteiger partial charge in [-0.05, 0) is 39.5 Å². The third-order valence-electron chi connectivity index (χ3n) is 3.85. The maximum absolute atomic E-state index is 8.99. The van der Waals surface area contributed by atoms with Crippen LogP contribution in [0.1, 0.15) is 41.5 Å². The Hall–Kier alpha value is -1.42. The minimum absolute atomic E-state index is 0.172. The van der Waals surface area contributed by atoms with Crippen LogP contribution in [0, 0.1) is 45.3 Å². The van der Waals surface area contributed by atoms with E-state index in [1.807, 2.05) is 41.5 Å². The molecule has 0 bridgehead atoms. The largest absolute Gasteiger partial charge is 0.198 e. The van der Waals surface area contributed by atoms with E-state index in [0.29, 0.717) is 13.1 Å². The highest BCUT2D eigenvalue weighted by Gasteiger charge is 2.26. The Morgan fingerprint density at radius 2 is 1.11 bits per heavy atom. The molecule has 0 saturated carbocycles. The average Bonchev–Trinajstić information content (AvgIpc) is 2.33. The Morgan fingerprint density at radius 3 is 1.33 bits per heavy atom. The summed E-state index contributed by atoms with van der Waals surface area (Å²) in [5.74, 6) is 0.344. The molecule has 18 heavy (non-hydrogen) atoms. The number of nitrogens with zero attached hydrogens (tertiary/aromatic N) is 4. The van der Waals surface area contributed by atoms with Crippen molar-refractivity contribution in [1.29, 1.82) is 10.5 Å². The summed E-state index contributed by atoms with van der Waals surface area (Å²) in [6, 6.07) is 4.56. The highest BCUT2D eigenvalue weighted by Crippen LogP contribution is 2.27. The summed E-state index contributed by atoms with van der Waals surface area (Å²) in [7, 11) is 0. The molecule has 4 heteroatoms. The van der Waals surface area contributed by atoms with Gasteiger partial charge >= 0.3 is 0 Å². The first-order valence-electron chi connectivity index (χ1n) is 6.33. The number of nitriles is 2. The molecule has 0 aromatic rings. The first-order valence-corrected chi connectivity index (χ1v) is 6.33. The van der Waals surface area contributed by atoms with Gasteiger partial charge in [0.2, 0.25) is 0 Å². The molecule has 100 valence electrons. The van der Waals surface area contributed by atoms with Gasteiger partial charge in [0.1, 0.15) is 0 Å². The number of rotatable bonds is 6. The van der Waals surface area contributed by atoms with Crippen molar-refractivity contribution in [1.82, 2.24) is 0 Å². The third kappa shape index (κ3) is 4.84. The minimum Gasteiger partial charge on any atom is -0.198 e. The lowest BCUT2D eigenvalue weighted by atomic mass is 9.81. The standard InChI is InChI=1S/C14H24N4/c1-11(13(3,4)9-15)7-17-18-8-12(2)14(5,6)10-16/h11-12H,7-8H2,1-6H3. The molecule has 0 saturated heterocycles. The van der Waals surface area contributed by atoms with Gasteiger partial charge in [-0.25, -0.2) is 0 Å². The molecule has 0 radical (unpaired) electrons. The van der Waals surface area contributed by atoms with Crippen LogP contribution in [0.5, 0.6) is 0 Å². The van der Waals surface area contributed by atoms with E-state index >= 15 is 0 Å². The summed E-state index contributed by atoms with van der Waals surface area (Å²) >= 11 is 0. The van der Waals surface area contributed by atoms with Crippen molar-refractivity contribution in [3.8, 4) is 12.1 Å². The lowest BCUT2D eigenvalue weighted by Gasteiger charge is -2.23. The van der Waals surface area contributed by atoms with Gasteiger partial charge in [-0.2, -0.15) is 20.8 Å². The van der Waals surface area contributed by atoms with Crippen molar-refractivity contribution in [2.45, 2.75) is 41.5 Å². The summed E-state index contributed by atoms with van der Waals surface area (Å²) in [5.41, 5.74) is -0.757. The Balaban J connectivity index is 4.24. The van der Waals surface area contributed by atoms with Crippen molar-refractivity contribution in [3.63, 3.8) is 0 Å². The molecule has 2 unspecified atom stereocenters. The van der Waals surface area contributed by atoms with Crippen LogP contribution in [0.3, 0.4) is 0 Å². The normalized spacial score (nSPS) is 16.0. The van der Waals surface area contributed by atoms with Gasteiger partial charge in [-0.15, -0.1) is 0 Å². The molecule has 0 N–H and O–H groups in total. The maximum Gasteiger partial charge on any atom is 0.0687 e. The van der Waals surface area contributed by atoms with Gasteiger partial charge < -0.3 is 0 Å².